The average molecular weight is 437 g/mol. The molecule has 0 fully saturated rings. The van der Waals surface area contributed by atoms with Gasteiger partial charge in [-0.15, -0.1) is 11.3 Å². The number of aromatic amines is 1. The highest BCUT2D eigenvalue weighted by molar-refractivity contribution is 7.98. The van der Waals surface area contributed by atoms with Crippen molar-refractivity contribution in [1.29, 1.82) is 0 Å². The largest absolute Gasteiger partial charge is 0.462 e. The second-order valence-electron chi connectivity index (χ2n) is 6.66. The van der Waals surface area contributed by atoms with Gasteiger partial charge in [0.25, 0.3) is 5.56 Å². The highest BCUT2D eigenvalue weighted by Gasteiger charge is 2.16. The number of carbonyl (C=O) groups is 1. The number of rotatable bonds is 6. The molecule has 0 aliphatic rings. The van der Waals surface area contributed by atoms with Crippen LogP contribution in [0.3, 0.4) is 0 Å². The number of thioether (sulfide) groups is 1. The second kappa shape index (κ2) is 8.85. The first kappa shape index (κ1) is 20.4. The zero-order chi connectivity index (χ0) is 21.1. The van der Waals surface area contributed by atoms with E-state index < -0.39 is 0 Å². The van der Waals surface area contributed by atoms with Crippen molar-refractivity contribution in [2.45, 2.75) is 24.8 Å². The van der Waals surface area contributed by atoms with Gasteiger partial charge < -0.3 is 9.72 Å². The number of benzene rings is 2. The van der Waals surface area contributed by atoms with Gasteiger partial charge in [-0.05, 0) is 37.1 Å². The van der Waals surface area contributed by atoms with Crippen LogP contribution in [0.4, 0.5) is 0 Å². The Balaban J connectivity index is 1.60. The third-order valence-corrected chi connectivity index (χ3v) is 6.54. The van der Waals surface area contributed by atoms with E-state index in [1.54, 1.807) is 13.0 Å². The van der Waals surface area contributed by atoms with Gasteiger partial charge in [0.15, 0.2) is 5.16 Å². The summed E-state index contributed by atoms with van der Waals surface area (Å²) in [4.78, 5) is 34.2. The van der Waals surface area contributed by atoms with Crippen LogP contribution in [0, 0.1) is 6.92 Å². The summed E-state index contributed by atoms with van der Waals surface area (Å²) < 4.78 is 5.06. The molecule has 2 aromatic carbocycles. The number of ether oxygens (including phenoxy) is 1. The SMILES string of the molecule is CCOC(=O)c1cccc(CSc2nc3sc(C)c(-c4ccccc4)c3c(=O)[nH]2)c1. The number of aromatic nitrogens is 2. The van der Waals surface area contributed by atoms with Crippen LogP contribution in [0.2, 0.25) is 0 Å². The van der Waals surface area contributed by atoms with Crippen LogP contribution in [-0.2, 0) is 10.5 Å². The monoisotopic (exact) mass is 436 g/mol. The lowest BCUT2D eigenvalue weighted by atomic mass is 10.0. The van der Waals surface area contributed by atoms with E-state index in [0.29, 0.717) is 28.5 Å². The molecule has 152 valence electrons. The summed E-state index contributed by atoms with van der Waals surface area (Å²) >= 11 is 2.96. The number of nitrogens with one attached hydrogen (secondary N) is 1. The molecule has 0 aliphatic heterocycles. The van der Waals surface area contributed by atoms with Crippen LogP contribution in [0.15, 0.2) is 64.5 Å². The normalized spacial score (nSPS) is 11.0. The maximum absolute atomic E-state index is 12.9. The lowest BCUT2D eigenvalue weighted by molar-refractivity contribution is 0.0526. The van der Waals surface area contributed by atoms with Crippen LogP contribution in [-0.4, -0.2) is 22.5 Å². The second-order valence-corrected chi connectivity index (χ2v) is 8.83. The fraction of sp³-hybridized carbons (Fsp3) is 0.174. The maximum atomic E-state index is 12.9. The molecule has 0 saturated carbocycles. The molecular formula is C23H20N2O3S2. The summed E-state index contributed by atoms with van der Waals surface area (Å²) in [5, 5.41) is 1.20. The summed E-state index contributed by atoms with van der Waals surface area (Å²) in [5.41, 5.74) is 3.31. The number of thiophene rings is 1. The van der Waals surface area contributed by atoms with E-state index in [1.165, 1.54) is 23.1 Å². The third kappa shape index (κ3) is 4.17. The van der Waals surface area contributed by atoms with Crippen molar-refractivity contribution in [2.24, 2.45) is 0 Å². The van der Waals surface area contributed by atoms with Gasteiger partial charge in [-0.3, -0.25) is 4.79 Å². The topological polar surface area (TPSA) is 72.0 Å². The molecule has 4 rings (SSSR count). The molecule has 30 heavy (non-hydrogen) atoms. The lowest BCUT2D eigenvalue weighted by Crippen LogP contribution is -2.09. The molecule has 0 atom stereocenters. The number of hydrogen-bond acceptors (Lipinski definition) is 6. The summed E-state index contributed by atoms with van der Waals surface area (Å²) in [5.74, 6) is 0.247. The van der Waals surface area contributed by atoms with Gasteiger partial charge in [-0.1, -0.05) is 54.2 Å². The molecule has 0 saturated heterocycles. The van der Waals surface area contributed by atoms with Gasteiger partial charge in [-0.2, -0.15) is 0 Å². The molecule has 0 bridgehead atoms. The average Bonchev–Trinajstić information content (AvgIpc) is 3.09. The Morgan fingerprint density at radius 3 is 2.73 bits per heavy atom. The fourth-order valence-corrected chi connectivity index (χ4v) is 5.18. The molecule has 0 spiro atoms. The molecule has 0 amide bonds. The molecule has 0 unspecified atom stereocenters. The minimum Gasteiger partial charge on any atom is -0.462 e. The smallest absolute Gasteiger partial charge is 0.338 e. The summed E-state index contributed by atoms with van der Waals surface area (Å²) in [7, 11) is 0. The van der Waals surface area contributed by atoms with Gasteiger partial charge in [-0.25, -0.2) is 9.78 Å². The van der Waals surface area contributed by atoms with Gasteiger partial charge in [0.2, 0.25) is 0 Å². The van der Waals surface area contributed by atoms with E-state index in [1.807, 2.05) is 55.5 Å². The molecule has 5 nitrogen and oxygen atoms in total. The molecule has 4 aromatic rings. The standard InChI is InChI=1S/C23H20N2O3S2/c1-3-28-22(27)17-11-7-8-15(12-17)13-29-23-24-20(26)19-18(14(2)30-21(19)25-23)16-9-5-4-6-10-16/h4-12H,3,13H2,1-2H3,(H,24,25,26). The van der Waals surface area contributed by atoms with Crippen molar-refractivity contribution < 1.29 is 9.53 Å². The molecule has 1 N–H and O–H groups in total. The van der Waals surface area contributed by atoms with Crippen molar-refractivity contribution in [2.75, 3.05) is 6.61 Å². The zero-order valence-electron chi connectivity index (χ0n) is 16.6. The Labute approximate surface area is 182 Å². The lowest BCUT2D eigenvalue weighted by Gasteiger charge is -2.05. The van der Waals surface area contributed by atoms with E-state index >= 15 is 0 Å². The Kier molecular flexibility index (Phi) is 6.01. The Bertz CT molecular complexity index is 1260. The number of carbonyl (C=O) groups excluding carboxylic acids is 1. The highest BCUT2D eigenvalue weighted by atomic mass is 32.2. The van der Waals surface area contributed by atoms with Crippen LogP contribution >= 0.6 is 23.1 Å². The molecule has 0 radical (unpaired) electrons. The Morgan fingerprint density at radius 1 is 1.17 bits per heavy atom. The van der Waals surface area contributed by atoms with Gasteiger partial charge in [0, 0.05) is 16.2 Å². The number of hydrogen-bond donors (Lipinski definition) is 1. The Hall–Kier alpha value is -2.90. The van der Waals surface area contributed by atoms with Crippen LogP contribution < -0.4 is 5.56 Å². The van der Waals surface area contributed by atoms with Crippen molar-refractivity contribution in [1.82, 2.24) is 9.97 Å². The predicted octanol–water partition coefficient (Wildman–Crippen LogP) is 5.43. The number of fused-ring (bicyclic) bond motifs is 1. The molecule has 2 aromatic heterocycles. The minimum absolute atomic E-state index is 0.133. The van der Waals surface area contributed by atoms with Gasteiger partial charge in [0.05, 0.1) is 17.6 Å². The van der Waals surface area contributed by atoms with Crippen molar-refractivity contribution in [3.63, 3.8) is 0 Å². The van der Waals surface area contributed by atoms with Gasteiger partial charge >= 0.3 is 5.97 Å². The van der Waals surface area contributed by atoms with Gasteiger partial charge in [0.1, 0.15) is 4.83 Å². The number of esters is 1. The predicted molar refractivity (Wildman–Crippen MR) is 122 cm³/mol. The van der Waals surface area contributed by atoms with E-state index in [0.717, 1.165) is 26.4 Å². The van der Waals surface area contributed by atoms with Crippen molar-refractivity contribution in [3.05, 3.63) is 81.0 Å². The van der Waals surface area contributed by atoms with E-state index in [2.05, 4.69) is 9.97 Å². The third-order valence-electron chi connectivity index (χ3n) is 4.59. The summed E-state index contributed by atoms with van der Waals surface area (Å²) in [6.07, 6.45) is 0. The number of nitrogens with zero attached hydrogens (tertiary/aromatic N) is 1. The molecule has 2 heterocycles. The first-order valence-electron chi connectivity index (χ1n) is 9.54. The molecule has 0 aliphatic carbocycles. The first-order valence-corrected chi connectivity index (χ1v) is 11.3. The first-order chi connectivity index (χ1) is 14.6. The van der Waals surface area contributed by atoms with Crippen LogP contribution in [0.5, 0.6) is 0 Å². The van der Waals surface area contributed by atoms with Crippen LogP contribution in [0.1, 0.15) is 27.7 Å². The quantitative estimate of drug-likeness (QED) is 0.248. The maximum Gasteiger partial charge on any atom is 0.338 e. The van der Waals surface area contributed by atoms with Crippen molar-refractivity contribution >= 4 is 39.3 Å². The number of aryl methyl sites for hydroxylation is 1. The Morgan fingerprint density at radius 2 is 1.97 bits per heavy atom. The van der Waals surface area contributed by atoms with Crippen LogP contribution in [0.25, 0.3) is 21.3 Å². The molecule has 7 heteroatoms. The minimum atomic E-state index is -0.334. The van der Waals surface area contributed by atoms with E-state index in [9.17, 15) is 9.59 Å². The van der Waals surface area contributed by atoms with E-state index in [4.69, 9.17) is 4.74 Å². The number of H-pyrrole nitrogens is 1. The summed E-state index contributed by atoms with van der Waals surface area (Å²) in [6.45, 7) is 4.14. The summed E-state index contributed by atoms with van der Waals surface area (Å²) in [6, 6.07) is 17.2. The highest BCUT2D eigenvalue weighted by Crippen LogP contribution is 2.36. The zero-order valence-corrected chi connectivity index (χ0v) is 18.2. The fourth-order valence-electron chi connectivity index (χ4n) is 3.27. The van der Waals surface area contributed by atoms with Crippen molar-refractivity contribution in [3.8, 4) is 11.1 Å². The molecular weight excluding hydrogens is 416 g/mol. The van der Waals surface area contributed by atoms with E-state index in [-0.39, 0.29) is 11.5 Å².